The highest BCUT2D eigenvalue weighted by Gasteiger charge is 2.25. The number of carbonyl (C=O) groups excluding carboxylic acids is 1. The molecule has 0 radical (unpaired) electrons. The molecule has 2 heterocycles. The van der Waals surface area contributed by atoms with Crippen LogP contribution in [0, 0.1) is 10.1 Å². The van der Waals surface area contributed by atoms with Gasteiger partial charge in [0.2, 0.25) is 0 Å². The van der Waals surface area contributed by atoms with E-state index in [1.54, 1.807) is 18.2 Å². The van der Waals surface area contributed by atoms with Crippen molar-refractivity contribution in [2.24, 2.45) is 0 Å². The summed E-state index contributed by atoms with van der Waals surface area (Å²) in [6.45, 7) is 3.08. The molecule has 9 heteroatoms. The molecule has 2 aromatic carbocycles. The predicted octanol–water partition coefficient (Wildman–Crippen LogP) is 3.53. The zero-order valence-electron chi connectivity index (χ0n) is 16.1. The van der Waals surface area contributed by atoms with Crippen LogP contribution in [0.1, 0.15) is 22.1 Å². The molecular formula is C21H21ClN4O4. The van der Waals surface area contributed by atoms with Crippen molar-refractivity contribution < 1.29 is 14.5 Å². The number of hydrogen-bond acceptors (Lipinski definition) is 5. The monoisotopic (exact) mass is 428 g/mol. The number of H-pyrrole nitrogens is 1. The van der Waals surface area contributed by atoms with Gasteiger partial charge in [0.15, 0.2) is 0 Å². The zero-order valence-corrected chi connectivity index (χ0v) is 16.9. The average molecular weight is 429 g/mol. The summed E-state index contributed by atoms with van der Waals surface area (Å²) in [6, 6.07) is 13.8. The first-order valence-corrected chi connectivity index (χ1v) is 10.0. The van der Waals surface area contributed by atoms with Gasteiger partial charge in [0.25, 0.3) is 11.6 Å². The van der Waals surface area contributed by atoms with Crippen molar-refractivity contribution in [3.8, 4) is 0 Å². The Kier molecular flexibility index (Phi) is 5.98. The molecule has 0 bridgehead atoms. The van der Waals surface area contributed by atoms with Gasteiger partial charge in [0.1, 0.15) is 11.2 Å². The molecule has 1 saturated heterocycles. The molecule has 1 aromatic heterocycles. The van der Waals surface area contributed by atoms with Crippen molar-refractivity contribution in [1.82, 2.24) is 15.2 Å². The number of hydrogen-bond donors (Lipinski definition) is 2. The Bertz CT molecular complexity index is 1080. The van der Waals surface area contributed by atoms with Gasteiger partial charge in [0, 0.05) is 36.1 Å². The second kappa shape index (κ2) is 8.83. The summed E-state index contributed by atoms with van der Waals surface area (Å²) in [5.41, 5.74) is 1.49. The highest BCUT2D eigenvalue weighted by molar-refractivity contribution is 6.31. The fraction of sp³-hybridized carbons (Fsp3) is 0.286. The SMILES string of the molecule is O=C(NCC(c1ccccc1Cl)N1CCOCC1)c1cc2cccc([N+](=O)[O-])c2[nH]1. The van der Waals surface area contributed by atoms with Gasteiger partial charge in [-0.3, -0.25) is 19.8 Å². The summed E-state index contributed by atoms with van der Waals surface area (Å²) in [6.07, 6.45) is 0. The van der Waals surface area contributed by atoms with Gasteiger partial charge in [-0.25, -0.2) is 0 Å². The van der Waals surface area contributed by atoms with Crippen LogP contribution in [0.3, 0.4) is 0 Å². The second-order valence-corrected chi connectivity index (χ2v) is 7.48. The number of para-hydroxylation sites is 1. The predicted molar refractivity (Wildman–Crippen MR) is 114 cm³/mol. The van der Waals surface area contributed by atoms with Gasteiger partial charge in [-0.05, 0) is 17.7 Å². The lowest BCUT2D eigenvalue weighted by Crippen LogP contribution is -2.44. The van der Waals surface area contributed by atoms with Gasteiger partial charge < -0.3 is 15.0 Å². The molecule has 4 rings (SSSR count). The van der Waals surface area contributed by atoms with Crippen molar-refractivity contribution in [1.29, 1.82) is 0 Å². The number of rotatable bonds is 6. The standard InChI is InChI=1S/C21H21ClN4O4/c22-16-6-2-1-5-15(16)19(25-8-10-30-11-9-25)13-23-21(27)17-12-14-4-3-7-18(26(28)29)20(14)24-17/h1-7,12,19,24H,8-11,13H2,(H,23,27). The van der Waals surface area contributed by atoms with Gasteiger partial charge in [0.05, 0.1) is 24.2 Å². The Morgan fingerprint density at radius 3 is 2.73 bits per heavy atom. The molecule has 1 unspecified atom stereocenters. The Hall–Kier alpha value is -2.94. The van der Waals surface area contributed by atoms with Crippen LogP contribution in [-0.2, 0) is 4.74 Å². The van der Waals surface area contributed by atoms with E-state index in [1.165, 1.54) is 6.07 Å². The zero-order chi connectivity index (χ0) is 21.1. The van der Waals surface area contributed by atoms with Crippen molar-refractivity contribution in [2.45, 2.75) is 6.04 Å². The highest BCUT2D eigenvalue weighted by Crippen LogP contribution is 2.28. The first-order valence-electron chi connectivity index (χ1n) is 9.65. The van der Waals surface area contributed by atoms with Crippen molar-refractivity contribution in [3.63, 3.8) is 0 Å². The number of morpholine rings is 1. The number of aromatic amines is 1. The number of nitro benzene ring substituents is 1. The number of nitro groups is 1. The van der Waals surface area contributed by atoms with E-state index in [1.807, 2.05) is 24.3 Å². The minimum atomic E-state index is -0.466. The van der Waals surface area contributed by atoms with Gasteiger partial charge in [-0.2, -0.15) is 0 Å². The van der Waals surface area contributed by atoms with Crippen molar-refractivity contribution in [3.05, 3.63) is 74.9 Å². The number of amides is 1. The molecule has 30 heavy (non-hydrogen) atoms. The third-order valence-corrected chi connectivity index (χ3v) is 5.63. The number of non-ortho nitro benzene ring substituents is 1. The van der Waals surface area contributed by atoms with Crippen LogP contribution in [0.25, 0.3) is 10.9 Å². The molecular weight excluding hydrogens is 408 g/mol. The lowest BCUT2D eigenvalue weighted by molar-refractivity contribution is -0.383. The van der Waals surface area contributed by atoms with Gasteiger partial charge in [-0.1, -0.05) is 41.9 Å². The minimum absolute atomic E-state index is 0.0613. The summed E-state index contributed by atoms with van der Waals surface area (Å²) in [5.74, 6) is -0.328. The summed E-state index contributed by atoms with van der Waals surface area (Å²) >= 11 is 6.43. The number of benzene rings is 2. The smallest absolute Gasteiger partial charge is 0.293 e. The number of fused-ring (bicyclic) bond motifs is 1. The van der Waals surface area contributed by atoms with E-state index in [0.717, 1.165) is 18.7 Å². The molecule has 1 aliphatic rings. The van der Waals surface area contributed by atoms with Crippen LogP contribution in [0.5, 0.6) is 0 Å². The summed E-state index contributed by atoms with van der Waals surface area (Å²) in [4.78, 5) is 28.7. The molecule has 3 aromatic rings. The summed E-state index contributed by atoms with van der Waals surface area (Å²) < 4.78 is 5.45. The molecule has 0 aliphatic carbocycles. The van der Waals surface area contributed by atoms with E-state index < -0.39 is 4.92 Å². The van der Waals surface area contributed by atoms with Crippen LogP contribution < -0.4 is 5.32 Å². The van der Waals surface area contributed by atoms with Gasteiger partial charge in [-0.15, -0.1) is 0 Å². The molecule has 8 nitrogen and oxygen atoms in total. The lowest BCUT2D eigenvalue weighted by atomic mass is 10.0. The number of aromatic nitrogens is 1. The number of halogens is 1. The number of carbonyl (C=O) groups is 1. The van der Waals surface area contributed by atoms with Crippen LogP contribution in [0.15, 0.2) is 48.5 Å². The van der Waals surface area contributed by atoms with E-state index in [4.69, 9.17) is 16.3 Å². The van der Waals surface area contributed by atoms with Crippen molar-refractivity contribution in [2.75, 3.05) is 32.8 Å². The maximum absolute atomic E-state index is 12.8. The minimum Gasteiger partial charge on any atom is -0.379 e. The van der Waals surface area contributed by atoms with Crippen LogP contribution >= 0.6 is 11.6 Å². The third kappa shape index (κ3) is 4.16. The largest absolute Gasteiger partial charge is 0.379 e. The Morgan fingerprint density at radius 2 is 2.00 bits per heavy atom. The fourth-order valence-corrected chi connectivity index (χ4v) is 4.03. The number of nitrogens with zero attached hydrogens (tertiary/aromatic N) is 2. The first kappa shape index (κ1) is 20.3. The molecule has 156 valence electrons. The molecule has 1 aliphatic heterocycles. The number of ether oxygens (including phenoxy) is 1. The molecule has 0 spiro atoms. The molecule has 0 saturated carbocycles. The maximum Gasteiger partial charge on any atom is 0.293 e. The highest BCUT2D eigenvalue weighted by atomic mass is 35.5. The molecule has 1 fully saturated rings. The second-order valence-electron chi connectivity index (χ2n) is 7.08. The van der Waals surface area contributed by atoms with Crippen LogP contribution in [-0.4, -0.2) is 53.6 Å². The Balaban J connectivity index is 1.55. The third-order valence-electron chi connectivity index (χ3n) is 5.28. The first-order chi connectivity index (χ1) is 14.5. The van der Waals surface area contributed by atoms with E-state index in [0.29, 0.717) is 35.7 Å². The lowest BCUT2D eigenvalue weighted by Gasteiger charge is -2.35. The summed E-state index contributed by atoms with van der Waals surface area (Å²) in [5, 5.41) is 15.4. The summed E-state index contributed by atoms with van der Waals surface area (Å²) in [7, 11) is 0. The average Bonchev–Trinajstić information content (AvgIpc) is 3.20. The topological polar surface area (TPSA) is 100 Å². The maximum atomic E-state index is 12.8. The van der Waals surface area contributed by atoms with E-state index in [-0.39, 0.29) is 23.3 Å². The van der Waals surface area contributed by atoms with E-state index in [9.17, 15) is 14.9 Å². The van der Waals surface area contributed by atoms with Gasteiger partial charge >= 0.3 is 0 Å². The Morgan fingerprint density at radius 1 is 1.23 bits per heavy atom. The molecule has 1 amide bonds. The fourth-order valence-electron chi connectivity index (χ4n) is 3.77. The van der Waals surface area contributed by atoms with E-state index >= 15 is 0 Å². The molecule has 1 atom stereocenters. The Labute approximate surface area is 177 Å². The van der Waals surface area contributed by atoms with Crippen molar-refractivity contribution >= 4 is 34.1 Å². The van der Waals surface area contributed by atoms with Crippen LogP contribution in [0.4, 0.5) is 5.69 Å². The normalized spacial score (nSPS) is 15.8. The quantitative estimate of drug-likeness (QED) is 0.462. The van der Waals surface area contributed by atoms with E-state index in [2.05, 4.69) is 15.2 Å². The number of nitrogens with one attached hydrogen (secondary N) is 2. The van der Waals surface area contributed by atoms with Crippen LogP contribution in [0.2, 0.25) is 5.02 Å². The molecule has 2 N–H and O–H groups in total.